The van der Waals surface area contributed by atoms with Crippen LogP contribution in [0.2, 0.25) is 0 Å². The van der Waals surface area contributed by atoms with E-state index >= 15 is 0 Å². The molecule has 1 aliphatic carbocycles. The Morgan fingerprint density at radius 2 is 2.33 bits per heavy atom. The fraction of sp³-hybridized carbons (Fsp3) is 0.462. The van der Waals surface area contributed by atoms with Gasteiger partial charge in [-0.3, -0.25) is 0 Å². The van der Waals surface area contributed by atoms with E-state index in [4.69, 9.17) is 5.11 Å². The summed E-state index contributed by atoms with van der Waals surface area (Å²) >= 11 is 0. The quantitative estimate of drug-likeness (QED) is 0.711. The zero-order chi connectivity index (χ0) is 13.0. The summed E-state index contributed by atoms with van der Waals surface area (Å²) in [7, 11) is 0. The number of aryl methyl sites for hydroxylation is 1. The van der Waals surface area contributed by atoms with Crippen LogP contribution in [0.4, 0.5) is 9.18 Å². The summed E-state index contributed by atoms with van der Waals surface area (Å²) in [5.41, 5.74) is 1.96. The van der Waals surface area contributed by atoms with Crippen molar-refractivity contribution in [2.45, 2.75) is 25.3 Å². The van der Waals surface area contributed by atoms with Gasteiger partial charge in [0.15, 0.2) is 0 Å². The van der Waals surface area contributed by atoms with Crippen LogP contribution in [0.25, 0.3) is 0 Å². The van der Waals surface area contributed by atoms with E-state index in [1.165, 1.54) is 12.1 Å². The summed E-state index contributed by atoms with van der Waals surface area (Å²) in [6.45, 7) is 0.511. The van der Waals surface area contributed by atoms with Gasteiger partial charge in [-0.2, -0.15) is 0 Å². The third-order valence-corrected chi connectivity index (χ3v) is 3.11. The molecule has 2 amide bonds. The first-order valence-corrected chi connectivity index (χ1v) is 6.14. The number of halogens is 1. The number of nitrogens with one attached hydrogen (secondary N) is 2. The molecule has 0 aromatic heterocycles. The van der Waals surface area contributed by atoms with Gasteiger partial charge in [0.25, 0.3) is 0 Å². The zero-order valence-corrected chi connectivity index (χ0v) is 10.1. The molecule has 0 fully saturated rings. The second-order valence-corrected chi connectivity index (χ2v) is 4.41. The van der Waals surface area contributed by atoms with Gasteiger partial charge in [0.05, 0.1) is 6.04 Å². The fourth-order valence-corrected chi connectivity index (χ4v) is 2.23. The van der Waals surface area contributed by atoms with E-state index in [-0.39, 0.29) is 24.5 Å². The second kappa shape index (κ2) is 5.82. The summed E-state index contributed by atoms with van der Waals surface area (Å²) in [5.74, 6) is -0.234. The number of aliphatic hydroxyl groups excluding tert-OH is 1. The van der Waals surface area contributed by atoms with Crippen LogP contribution in [-0.2, 0) is 6.42 Å². The van der Waals surface area contributed by atoms with Crippen LogP contribution >= 0.6 is 0 Å². The van der Waals surface area contributed by atoms with Gasteiger partial charge >= 0.3 is 6.03 Å². The molecule has 2 rings (SSSR count). The van der Waals surface area contributed by atoms with Crippen molar-refractivity contribution in [2.24, 2.45) is 0 Å². The van der Waals surface area contributed by atoms with Crippen molar-refractivity contribution >= 4 is 6.03 Å². The topological polar surface area (TPSA) is 61.4 Å². The molecule has 0 bridgehead atoms. The van der Waals surface area contributed by atoms with Crippen molar-refractivity contribution in [3.63, 3.8) is 0 Å². The lowest BCUT2D eigenvalue weighted by Gasteiger charge is -2.14. The molecule has 1 aromatic carbocycles. The second-order valence-electron chi connectivity index (χ2n) is 4.41. The maximum atomic E-state index is 13.0. The molecule has 1 unspecified atom stereocenters. The smallest absolute Gasteiger partial charge is 0.315 e. The van der Waals surface area contributed by atoms with E-state index in [0.717, 1.165) is 24.0 Å². The molecular weight excluding hydrogens is 235 g/mol. The first-order valence-electron chi connectivity index (χ1n) is 6.14. The third kappa shape index (κ3) is 2.98. The minimum atomic E-state index is -0.245. The summed E-state index contributed by atoms with van der Waals surface area (Å²) in [6.07, 6.45) is 2.13. The van der Waals surface area contributed by atoms with Gasteiger partial charge in [-0.1, -0.05) is 6.07 Å². The predicted octanol–water partition coefficient (Wildman–Crippen LogP) is 1.49. The molecule has 18 heavy (non-hydrogen) atoms. The highest BCUT2D eigenvalue weighted by molar-refractivity contribution is 5.74. The summed E-state index contributed by atoms with van der Waals surface area (Å²) in [5, 5.41) is 14.1. The van der Waals surface area contributed by atoms with Crippen LogP contribution < -0.4 is 10.6 Å². The van der Waals surface area contributed by atoms with E-state index < -0.39 is 0 Å². The molecule has 0 heterocycles. The first-order chi connectivity index (χ1) is 8.70. The molecule has 0 saturated heterocycles. The number of amides is 2. The fourth-order valence-electron chi connectivity index (χ4n) is 2.23. The molecule has 1 aromatic rings. The SMILES string of the molecule is O=C(NCCCO)NC1CCc2cc(F)ccc21. The van der Waals surface area contributed by atoms with Crippen LogP contribution in [-0.4, -0.2) is 24.3 Å². The molecule has 3 N–H and O–H groups in total. The molecule has 98 valence electrons. The number of rotatable bonds is 4. The normalized spacial score (nSPS) is 17.3. The standard InChI is InChI=1S/C13H17FN2O2/c14-10-3-4-11-9(8-10)2-5-12(11)16-13(18)15-6-1-7-17/h3-4,8,12,17H,1-2,5-7H2,(H2,15,16,18). The monoisotopic (exact) mass is 252 g/mol. The molecule has 0 spiro atoms. The lowest BCUT2D eigenvalue weighted by atomic mass is 10.1. The van der Waals surface area contributed by atoms with Crippen LogP contribution in [0.3, 0.4) is 0 Å². The van der Waals surface area contributed by atoms with Gasteiger partial charge in [0, 0.05) is 13.2 Å². The Bertz CT molecular complexity index is 437. The highest BCUT2D eigenvalue weighted by Gasteiger charge is 2.23. The van der Waals surface area contributed by atoms with Gasteiger partial charge in [0.2, 0.25) is 0 Å². The first kappa shape index (κ1) is 12.8. The Morgan fingerprint density at radius 1 is 1.50 bits per heavy atom. The molecule has 5 heteroatoms. The summed E-state index contributed by atoms with van der Waals surface area (Å²) in [4.78, 5) is 11.6. The van der Waals surface area contributed by atoms with Crippen molar-refractivity contribution in [1.82, 2.24) is 10.6 Å². The van der Waals surface area contributed by atoms with Crippen molar-refractivity contribution < 1.29 is 14.3 Å². The number of hydrogen-bond acceptors (Lipinski definition) is 2. The van der Waals surface area contributed by atoms with Crippen LogP contribution in [0.5, 0.6) is 0 Å². The third-order valence-electron chi connectivity index (χ3n) is 3.11. The molecule has 4 nitrogen and oxygen atoms in total. The van der Waals surface area contributed by atoms with Gasteiger partial charge < -0.3 is 15.7 Å². The van der Waals surface area contributed by atoms with Gasteiger partial charge in [-0.25, -0.2) is 9.18 Å². The van der Waals surface area contributed by atoms with Gasteiger partial charge in [-0.15, -0.1) is 0 Å². The Hall–Kier alpha value is -1.62. The van der Waals surface area contributed by atoms with E-state index in [2.05, 4.69) is 10.6 Å². The summed E-state index contributed by atoms with van der Waals surface area (Å²) < 4.78 is 13.0. The minimum Gasteiger partial charge on any atom is -0.396 e. The largest absolute Gasteiger partial charge is 0.396 e. The lowest BCUT2D eigenvalue weighted by molar-refractivity contribution is 0.234. The van der Waals surface area contributed by atoms with Gasteiger partial charge in [-0.05, 0) is 42.5 Å². The van der Waals surface area contributed by atoms with Crippen LogP contribution in [0, 0.1) is 5.82 Å². The molecular formula is C13H17FN2O2. The molecule has 0 saturated carbocycles. The minimum absolute atomic E-state index is 0.0465. The number of carbonyl (C=O) groups excluding carboxylic acids is 1. The lowest BCUT2D eigenvalue weighted by Crippen LogP contribution is -2.38. The number of hydrogen-bond donors (Lipinski definition) is 3. The Labute approximate surface area is 105 Å². The van der Waals surface area contributed by atoms with Crippen molar-refractivity contribution in [3.8, 4) is 0 Å². The number of carbonyl (C=O) groups is 1. The maximum absolute atomic E-state index is 13.0. The van der Waals surface area contributed by atoms with Crippen molar-refractivity contribution in [3.05, 3.63) is 35.1 Å². The maximum Gasteiger partial charge on any atom is 0.315 e. The molecule has 0 radical (unpaired) electrons. The highest BCUT2D eigenvalue weighted by atomic mass is 19.1. The van der Waals surface area contributed by atoms with Crippen LogP contribution in [0.1, 0.15) is 30.0 Å². The van der Waals surface area contributed by atoms with Crippen LogP contribution in [0.15, 0.2) is 18.2 Å². The average molecular weight is 252 g/mol. The van der Waals surface area contributed by atoms with E-state index in [1.54, 1.807) is 6.07 Å². The molecule has 1 aliphatic rings. The number of aliphatic hydroxyl groups is 1. The number of urea groups is 1. The van der Waals surface area contributed by atoms with E-state index in [9.17, 15) is 9.18 Å². The average Bonchev–Trinajstić information content (AvgIpc) is 2.72. The predicted molar refractivity (Wildman–Crippen MR) is 65.7 cm³/mol. The van der Waals surface area contributed by atoms with E-state index in [1.807, 2.05) is 0 Å². The zero-order valence-electron chi connectivity index (χ0n) is 10.1. The number of benzene rings is 1. The van der Waals surface area contributed by atoms with Gasteiger partial charge in [0.1, 0.15) is 5.82 Å². The molecule has 1 atom stereocenters. The Kier molecular flexibility index (Phi) is 4.15. The van der Waals surface area contributed by atoms with E-state index in [0.29, 0.717) is 13.0 Å². The molecule has 0 aliphatic heterocycles. The summed E-state index contributed by atoms with van der Waals surface area (Å²) in [6, 6.07) is 4.39. The number of fused-ring (bicyclic) bond motifs is 1. The Balaban J connectivity index is 1.91. The highest BCUT2D eigenvalue weighted by Crippen LogP contribution is 2.31. The van der Waals surface area contributed by atoms with Crippen molar-refractivity contribution in [1.29, 1.82) is 0 Å². The van der Waals surface area contributed by atoms with Crippen molar-refractivity contribution in [2.75, 3.05) is 13.2 Å². The Morgan fingerprint density at radius 3 is 3.11 bits per heavy atom.